The summed E-state index contributed by atoms with van der Waals surface area (Å²) in [6.45, 7) is 2.63. The number of aliphatic hydroxyl groups is 1. The van der Waals surface area contributed by atoms with Crippen molar-refractivity contribution >= 4 is 5.78 Å². The maximum atomic E-state index is 12.3. The lowest BCUT2D eigenvalue weighted by Crippen LogP contribution is -2.53. The van der Waals surface area contributed by atoms with Crippen molar-refractivity contribution in [2.45, 2.75) is 31.5 Å². The van der Waals surface area contributed by atoms with E-state index in [-0.39, 0.29) is 11.8 Å². The maximum Gasteiger partial charge on any atom is 0.167 e. The number of β-amino-alcohol motifs (C(OH)–C–C–N with tert-alkyl or cyclic N) is 1. The number of methoxy groups -OCH3 is 1. The van der Waals surface area contributed by atoms with E-state index in [1.807, 2.05) is 42.5 Å². The molecule has 1 fully saturated rings. The van der Waals surface area contributed by atoms with E-state index < -0.39 is 5.60 Å². The van der Waals surface area contributed by atoms with Crippen molar-refractivity contribution in [2.75, 3.05) is 13.7 Å². The van der Waals surface area contributed by atoms with Gasteiger partial charge in [-0.1, -0.05) is 42.5 Å². The van der Waals surface area contributed by atoms with Gasteiger partial charge < -0.3 is 9.84 Å². The Hall–Kier alpha value is -2.17. The van der Waals surface area contributed by atoms with E-state index in [1.54, 1.807) is 14.0 Å². The first-order valence-electron chi connectivity index (χ1n) is 8.17. The summed E-state index contributed by atoms with van der Waals surface area (Å²) in [5.74, 6) is 0.690. The highest BCUT2D eigenvalue weighted by Gasteiger charge is 2.41. The van der Waals surface area contributed by atoms with Crippen molar-refractivity contribution in [3.63, 3.8) is 0 Å². The minimum Gasteiger partial charge on any atom is -0.497 e. The first kappa shape index (κ1) is 16.7. The molecule has 0 unspecified atom stereocenters. The van der Waals surface area contributed by atoms with E-state index in [1.165, 1.54) is 5.56 Å². The van der Waals surface area contributed by atoms with E-state index >= 15 is 0 Å². The van der Waals surface area contributed by atoms with Crippen LogP contribution in [0.5, 0.6) is 5.75 Å². The second-order valence-electron chi connectivity index (χ2n) is 6.58. The number of rotatable bonds is 4. The van der Waals surface area contributed by atoms with Gasteiger partial charge in [-0.2, -0.15) is 0 Å². The van der Waals surface area contributed by atoms with Crippen molar-refractivity contribution in [2.24, 2.45) is 0 Å². The molecule has 4 nitrogen and oxygen atoms in total. The molecule has 3 rings (SSSR count). The number of nitrogens with zero attached hydrogens (tertiary/aromatic N) is 1. The van der Waals surface area contributed by atoms with Crippen molar-refractivity contribution in [3.8, 4) is 5.75 Å². The van der Waals surface area contributed by atoms with Crippen LogP contribution < -0.4 is 4.74 Å². The van der Waals surface area contributed by atoms with Gasteiger partial charge in [0.25, 0.3) is 0 Å². The lowest BCUT2D eigenvalue weighted by atomic mass is 9.85. The molecule has 0 amide bonds. The lowest BCUT2D eigenvalue weighted by Gasteiger charge is -2.42. The first-order valence-corrected chi connectivity index (χ1v) is 8.17. The molecule has 1 heterocycles. The summed E-state index contributed by atoms with van der Waals surface area (Å²) in [6.07, 6.45) is 0.312. The molecule has 0 radical (unpaired) electrons. The van der Waals surface area contributed by atoms with Gasteiger partial charge in [0.1, 0.15) is 11.4 Å². The second kappa shape index (κ2) is 6.75. The molecule has 2 aromatic carbocycles. The van der Waals surface area contributed by atoms with Crippen molar-refractivity contribution in [3.05, 3.63) is 65.7 Å². The Bertz CT molecular complexity index is 695. The molecule has 2 atom stereocenters. The number of carbonyl (C=O) groups is 1. The number of hydrogen-bond donors (Lipinski definition) is 1. The minimum atomic E-state index is -1.29. The van der Waals surface area contributed by atoms with Gasteiger partial charge in [0.05, 0.1) is 7.11 Å². The third kappa shape index (κ3) is 3.50. The van der Waals surface area contributed by atoms with Crippen LogP contribution in [0.1, 0.15) is 30.5 Å². The van der Waals surface area contributed by atoms with Crippen LogP contribution in [0.4, 0.5) is 0 Å². The largest absolute Gasteiger partial charge is 0.497 e. The summed E-state index contributed by atoms with van der Waals surface area (Å²) in [7, 11) is 1.64. The van der Waals surface area contributed by atoms with E-state index in [4.69, 9.17) is 4.74 Å². The lowest BCUT2D eigenvalue weighted by molar-refractivity contribution is -0.146. The fraction of sp³-hybridized carbons (Fsp3) is 0.350. The Labute approximate surface area is 142 Å². The van der Waals surface area contributed by atoms with Crippen molar-refractivity contribution in [1.29, 1.82) is 0 Å². The number of ether oxygens (including phenoxy) is 1. The van der Waals surface area contributed by atoms with Gasteiger partial charge in [0.15, 0.2) is 5.78 Å². The quantitative estimate of drug-likeness (QED) is 0.939. The third-order valence-corrected chi connectivity index (χ3v) is 4.66. The molecule has 1 aliphatic rings. The number of piperidine rings is 1. The van der Waals surface area contributed by atoms with Crippen LogP contribution >= 0.6 is 0 Å². The highest BCUT2D eigenvalue weighted by molar-refractivity contribution is 5.88. The SMILES string of the molecule is COc1ccc([C@@H]2CC(=O)[C@@](C)(O)CN2Cc2ccccc2)cc1. The van der Waals surface area contributed by atoms with Crippen LogP contribution in [-0.4, -0.2) is 35.0 Å². The molecule has 4 heteroatoms. The standard InChI is InChI=1S/C20H23NO3/c1-20(23)14-21(13-15-6-4-3-5-7-15)18(12-19(20)22)16-8-10-17(24-2)11-9-16/h3-11,18,23H,12-14H2,1-2H3/t18-,20-/m0/s1. The van der Waals surface area contributed by atoms with Crippen LogP contribution in [0.3, 0.4) is 0 Å². The zero-order valence-electron chi connectivity index (χ0n) is 14.1. The molecular formula is C20H23NO3. The highest BCUT2D eigenvalue weighted by atomic mass is 16.5. The fourth-order valence-corrected chi connectivity index (χ4v) is 3.26. The summed E-state index contributed by atoms with van der Waals surface area (Å²) < 4.78 is 5.21. The average Bonchev–Trinajstić information content (AvgIpc) is 2.59. The summed E-state index contributed by atoms with van der Waals surface area (Å²) >= 11 is 0. The third-order valence-electron chi connectivity index (χ3n) is 4.66. The smallest absolute Gasteiger partial charge is 0.167 e. The molecule has 2 aromatic rings. The minimum absolute atomic E-state index is 0.0381. The molecule has 1 N–H and O–H groups in total. The van der Waals surface area contributed by atoms with Gasteiger partial charge in [0.2, 0.25) is 0 Å². The van der Waals surface area contributed by atoms with E-state index in [2.05, 4.69) is 17.0 Å². The van der Waals surface area contributed by atoms with Crippen LogP contribution in [0.15, 0.2) is 54.6 Å². The summed E-state index contributed by atoms with van der Waals surface area (Å²) in [6, 6.07) is 17.9. The summed E-state index contributed by atoms with van der Waals surface area (Å²) in [5.41, 5.74) is 0.939. The van der Waals surface area contributed by atoms with E-state index in [0.717, 1.165) is 11.3 Å². The molecule has 24 heavy (non-hydrogen) atoms. The zero-order chi connectivity index (χ0) is 17.2. The molecule has 0 spiro atoms. The predicted molar refractivity (Wildman–Crippen MR) is 92.8 cm³/mol. The number of likely N-dealkylation sites (tertiary alicyclic amines) is 1. The van der Waals surface area contributed by atoms with Crippen LogP contribution in [0.25, 0.3) is 0 Å². The summed E-state index contributed by atoms with van der Waals surface area (Å²) in [4.78, 5) is 14.5. The van der Waals surface area contributed by atoms with Crippen LogP contribution in [0.2, 0.25) is 0 Å². The topological polar surface area (TPSA) is 49.8 Å². The van der Waals surface area contributed by atoms with E-state index in [9.17, 15) is 9.90 Å². The molecule has 1 aliphatic heterocycles. The monoisotopic (exact) mass is 325 g/mol. The molecule has 1 saturated heterocycles. The van der Waals surface area contributed by atoms with Crippen LogP contribution in [-0.2, 0) is 11.3 Å². The fourth-order valence-electron chi connectivity index (χ4n) is 3.26. The Kier molecular flexibility index (Phi) is 4.69. The Morgan fingerprint density at radius 1 is 1.17 bits per heavy atom. The molecule has 0 bridgehead atoms. The maximum absolute atomic E-state index is 12.3. The highest BCUT2D eigenvalue weighted by Crippen LogP contribution is 2.34. The number of ketones is 1. The number of hydrogen-bond acceptors (Lipinski definition) is 4. The average molecular weight is 325 g/mol. The van der Waals surface area contributed by atoms with Gasteiger partial charge in [-0.15, -0.1) is 0 Å². The molecular weight excluding hydrogens is 302 g/mol. The predicted octanol–water partition coefficient (Wildman–Crippen LogP) is 2.96. The normalized spacial score (nSPS) is 24.8. The molecule has 0 saturated carbocycles. The molecule has 126 valence electrons. The first-order chi connectivity index (χ1) is 11.5. The van der Waals surface area contributed by atoms with Gasteiger partial charge in [0, 0.05) is 25.6 Å². The number of benzene rings is 2. The molecule has 0 aliphatic carbocycles. The molecule has 0 aromatic heterocycles. The van der Waals surface area contributed by atoms with Crippen molar-refractivity contribution in [1.82, 2.24) is 4.90 Å². The van der Waals surface area contributed by atoms with Crippen molar-refractivity contribution < 1.29 is 14.6 Å². The van der Waals surface area contributed by atoms with Gasteiger partial charge in [-0.05, 0) is 30.2 Å². The Morgan fingerprint density at radius 3 is 2.46 bits per heavy atom. The zero-order valence-corrected chi connectivity index (χ0v) is 14.1. The second-order valence-corrected chi connectivity index (χ2v) is 6.58. The van der Waals surface area contributed by atoms with Crippen LogP contribution in [0, 0.1) is 0 Å². The van der Waals surface area contributed by atoms with Gasteiger partial charge >= 0.3 is 0 Å². The summed E-state index contributed by atoms with van der Waals surface area (Å²) in [5, 5.41) is 10.4. The number of carbonyl (C=O) groups excluding carboxylic acids is 1. The van der Waals surface area contributed by atoms with E-state index in [0.29, 0.717) is 19.5 Å². The van der Waals surface area contributed by atoms with Gasteiger partial charge in [-0.3, -0.25) is 9.69 Å². The Morgan fingerprint density at radius 2 is 1.83 bits per heavy atom. The Balaban J connectivity index is 1.88. The van der Waals surface area contributed by atoms with Gasteiger partial charge in [-0.25, -0.2) is 0 Å². The number of Topliss-reactive ketones (excluding diaryl/α,β-unsaturated/α-hetero) is 1.